The van der Waals surface area contributed by atoms with Gasteiger partial charge in [0.05, 0.1) is 13.2 Å². The van der Waals surface area contributed by atoms with Gasteiger partial charge in [-0.25, -0.2) is 4.99 Å². The Kier molecular flexibility index (Phi) is 6.28. The van der Waals surface area contributed by atoms with Crippen LogP contribution in [-0.2, 0) is 4.84 Å². The largest absolute Gasteiger partial charge is 0.493 e. The third kappa shape index (κ3) is 4.56. The summed E-state index contributed by atoms with van der Waals surface area (Å²) in [6, 6.07) is 14.2. The zero-order valence-electron chi connectivity index (χ0n) is 14.9. The Labute approximate surface area is 159 Å². The quantitative estimate of drug-likeness (QED) is 0.754. The number of ether oxygens (including phenoxy) is 1. The molecule has 1 heterocycles. The Balaban J connectivity index is 0.00000243. The number of rotatable bonds is 6. The molecule has 26 heavy (non-hydrogen) atoms. The van der Waals surface area contributed by atoms with Gasteiger partial charge in [0.1, 0.15) is 5.75 Å². The number of hydrogen-bond acceptors (Lipinski definition) is 7. The molecular formula is C18H24ClN5O2. The SMILES string of the molecule is CC1(C)N=C(N)N=C(N)N1OCCCOc1ccc2ccccc2c1.Cl. The minimum Gasteiger partial charge on any atom is -0.493 e. The number of hydroxylamine groups is 2. The summed E-state index contributed by atoms with van der Waals surface area (Å²) in [5.74, 6) is 1.20. The molecule has 0 atom stereocenters. The Morgan fingerprint density at radius 3 is 2.50 bits per heavy atom. The van der Waals surface area contributed by atoms with Gasteiger partial charge in [-0.05, 0) is 36.8 Å². The molecule has 0 aliphatic carbocycles. The fourth-order valence-electron chi connectivity index (χ4n) is 2.68. The molecule has 0 unspecified atom stereocenters. The first-order chi connectivity index (χ1) is 12.0. The van der Waals surface area contributed by atoms with E-state index in [1.54, 1.807) is 0 Å². The third-order valence-corrected chi connectivity index (χ3v) is 3.82. The minimum atomic E-state index is -0.685. The van der Waals surface area contributed by atoms with Gasteiger partial charge >= 0.3 is 0 Å². The molecule has 0 saturated carbocycles. The summed E-state index contributed by atoms with van der Waals surface area (Å²) in [6.07, 6.45) is 0.700. The van der Waals surface area contributed by atoms with E-state index in [-0.39, 0.29) is 24.3 Å². The van der Waals surface area contributed by atoms with Crippen molar-refractivity contribution in [3.05, 3.63) is 42.5 Å². The van der Waals surface area contributed by atoms with Gasteiger partial charge in [-0.3, -0.25) is 4.84 Å². The molecule has 7 nitrogen and oxygen atoms in total. The first-order valence-corrected chi connectivity index (χ1v) is 8.20. The molecule has 0 radical (unpaired) electrons. The highest BCUT2D eigenvalue weighted by atomic mass is 35.5. The van der Waals surface area contributed by atoms with E-state index < -0.39 is 5.66 Å². The maximum atomic E-state index is 5.86. The van der Waals surface area contributed by atoms with Gasteiger partial charge in [-0.2, -0.15) is 10.1 Å². The van der Waals surface area contributed by atoms with Crippen LogP contribution >= 0.6 is 12.4 Å². The predicted molar refractivity (Wildman–Crippen MR) is 106 cm³/mol. The normalized spacial score (nSPS) is 15.8. The van der Waals surface area contributed by atoms with Crippen LogP contribution in [0, 0.1) is 0 Å². The average Bonchev–Trinajstić information content (AvgIpc) is 2.55. The number of guanidine groups is 2. The van der Waals surface area contributed by atoms with Gasteiger partial charge in [0, 0.05) is 6.42 Å². The molecule has 0 fully saturated rings. The number of aliphatic imine (C=N–C) groups is 2. The van der Waals surface area contributed by atoms with Crippen molar-refractivity contribution in [3.8, 4) is 5.75 Å². The first kappa shape index (κ1) is 19.8. The Bertz CT molecular complexity index is 822. The van der Waals surface area contributed by atoms with Crippen molar-refractivity contribution in [2.24, 2.45) is 21.5 Å². The summed E-state index contributed by atoms with van der Waals surface area (Å²) in [4.78, 5) is 13.8. The Morgan fingerprint density at radius 1 is 1.04 bits per heavy atom. The molecule has 0 aromatic heterocycles. The highest BCUT2D eigenvalue weighted by Crippen LogP contribution is 2.21. The molecule has 3 rings (SSSR count). The summed E-state index contributed by atoms with van der Waals surface area (Å²) in [7, 11) is 0. The van der Waals surface area contributed by atoms with E-state index in [1.165, 1.54) is 10.4 Å². The summed E-state index contributed by atoms with van der Waals surface area (Å²) in [5.41, 5.74) is 10.8. The van der Waals surface area contributed by atoms with E-state index in [0.29, 0.717) is 19.6 Å². The number of halogens is 1. The molecule has 2 aromatic rings. The Hall–Kier alpha value is -2.51. The van der Waals surface area contributed by atoms with Crippen molar-refractivity contribution in [1.82, 2.24) is 5.06 Å². The van der Waals surface area contributed by atoms with Crippen LogP contribution < -0.4 is 16.2 Å². The molecule has 0 spiro atoms. The standard InChI is InChI=1S/C18H23N5O2.ClH/c1-18(2)22-16(19)21-17(20)23(18)25-11-5-10-24-15-9-8-13-6-3-4-7-14(13)12-15;/h3-4,6-9,12H,5,10-11H2,1-2H3,(H4,19,20,21,22);1H. The minimum absolute atomic E-state index is 0. The molecule has 0 saturated heterocycles. The van der Waals surface area contributed by atoms with Gasteiger partial charge in [-0.1, -0.05) is 30.3 Å². The fraction of sp³-hybridized carbons (Fsp3) is 0.333. The topological polar surface area (TPSA) is 98.5 Å². The van der Waals surface area contributed by atoms with Crippen LogP contribution in [0.5, 0.6) is 5.75 Å². The van der Waals surface area contributed by atoms with Crippen LogP contribution in [0.2, 0.25) is 0 Å². The van der Waals surface area contributed by atoms with Gasteiger partial charge in [0.2, 0.25) is 11.9 Å². The van der Waals surface area contributed by atoms with E-state index in [0.717, 1.165) is 11.1 Å². The molecule has 0 bridgehead atoms. The number of nitrogens with two attached hydrogens (primary N) is 2. The Morgan fingerprint density at radius 2 is 1.77 bits per heavy atom. The van der Waals surface area contributed by atoms with Crippen LogP contribution in [0.1, 0.15) is 20.3 Å². The molecule has 1 aliphatic heterocycles. The van der Waals surface area contributed by atoms with Crippen LogP contribution in [-0.4, -0.2) is 35.9 Å². The highest BCUT2D eigenvalue weighted by molar-refractivity contribution is 5.95. The van der Waals surface area contributed by atoms with Crippen LogP contribution in [0.15, 0.2) is 52.4 Å². The lowest BCUT2D eigenvalue weighted by atomic mass is 10.1. The molecule has 1 aliphatic rings. The van der Waals surface area contributed by atoms with Gasteiger partial charge < -0.3 is 16.2 Å². The van der Waals surface area contributed by atoms with Gasteiger partial charge in [-0.15, -0.1) is 12.4 Å². The van der Waals surface area contributed by atoms with Crippen molar-refractivity contribution < 1.29 is 9.57 Å². The highest BCUT2D eigenvalue weighted by Gasteiger charge is 2.32. The van der Waals surface area contributed by atoms with Crippen molar-refractivity contribution in [2.75, 3.05) is 13.2 Å². The van der Waals surface area contributed by atoms with Gasteiger partial charge in [0.15, 0.2) is 5.66 Å². The molecule has 0 amide bonds. The second-order valence-electron chi connectivity index (χ2n) is 6.27. The van der Waals surface area contributed by atoms with Crippen LogP contribution in [0.3, 0.4) is 0 Å². The number of hydrogen-bond donors (Lipinski definition) is 2. The lowest BCUT2D eigenvalue weighted by Gasteiger charge is -2.36. The van der Waals surface area contributed by atoms with E-state index in [2.05, 4.69) is 28.2 Å². The number of nitrogens with zero attached hydrogens (tertiary/aromatic N) is 3. The van der Waals surface area contributed by atoms with Crippen molar-refractivity contribution in [3.63, 3.8) is 0 Å². The summed E-state index contributed by atoms with van der Waals surface area (Å²) < 4.78 is 5.79. The second kappa shape index (κ2) is 8.25. The lowest BCUT2D eigenvalue weighted by molar-refractivity contribution is -0.158. The average molecular weight is 378 g/mol. The maximum Gasteiger partial charge on any atom is 0.226 e. The summed E-state index contributed by atoms with van der Waals surface area (Å²) in [5, 5.41) is 3.82. The molecule has 2 aromatic carbocycles. The fourth-order valence-corrected chi connectivity index (χ4v) is 2.68. The smallest absolute Gasteiger partial charge is 0.226 e. The number of fused-ring (bicyclic) bond motifs is 1. The lowest BCUT2D eigenvalue weighted by Crippen LogP contribution is -2.53. The van der Waals surface area contributed by atoms with E-state index in [1.807, 2.05) is 38.1 Å². The predicted octanol–water partition coefficient (Wildman–Crippen LogP) is 2.64. The van der Waals surface area contributed by atoms with Crippen molar-refractivity contribution in [2.45, 2.75) is 25.9 Å². The van der Waals surface area contributed by atoms with Crippen molar-refractivity contribution in [1.29, 1.82) is 0 Å². The van der Waals surface area contributed by atoms with Crippen molar-refractivity contribution >= 4 is 35.1 Å². The van der Waals surface area contributed by atoms with E-state index >= 15 is 0 Å². The number of benzene rings is 2. The third-order valence-electron chi connectivity index (χ3n) is 3.82. The molecule has 8 heteroatoms. The van der Waals surface area contributed by atoms with Gasteiger partial charge in [0.25, 0.3) is 0 Å². The summed E-state index contributed by atoms with van der Waals surface area (Å²) in [6.45, 7) is 4.68. The van der Waals surface area contributed by atoms with E-state index in [4.69, 9.17) is 21.0 Å². The van der Waals surface area contributed by atoms with Crippen LogP contribution in [0.25, 0.3) is 10.8 Å². The summed E-state index contributed by atoms with van der Waals surface area (Å²) >= 11 is 0. The molecule has 4 N–H and O–H groups in total. The zero-order chi connectivity index (χ0) is 17.9. The second-order valence-corrected chi connectivity index (χ2v) is 6.27. The maximum absolute atomic E-state index is 5.86. The first-order valence-electron chi connectivity index (χ1n) is 8.20. The zero-order valence-corrected chi connectivity index (χ0v) is 15.7. The molecular weight excluding hydrogens is 354 g/mol. The van der Waals surface area contributed by atoms with E-state index in [9.17, 15) is 0 Å². The molecule has 140 valence electrons. The monoisotopic (exact) mass is 377 g/mol. The van der Waals surface area contributed by atoms with Crippen LogP contribution in [0.4, 0.5) is 0 Å².